The minimum Gasteiger partial charge on any atom is -0.504 e. The Morgan fingerprint density at radius 2 is 2.00 bits per heavy atom. The van der Waals surface area contributed by atoms with Gasteiger partial charge in [0.1, 0.15) is 5.92 Å². The van der Waals surface area contributed by atoms with Crippen LogP contribution < -0.4 is 15.5 Å². The van der Waals surface area contributed by atoms with Crippen LogP contribution >= 0.6 is 15.9 Å². The fourth-order valence-electron chi connectivity index (χ4n) is 2.07. The van der Waals surface area contributed by atoms with Gasteiger partial charge in [-0.1, -0.05) is 12.1 Å². The van der Waals surface area contributed by atoms with Crippen molar-refractivity contribution in [2.75, 3.05) is 11.9 Å². The van der Waals surface area contributed by atoms with E-state index in [1.807, 2.05) is 6.07 Å². The minimum atomic E-state index is -0.937. The molecule has 0 aliphatic carbocycles. The van der Waals surface area contributed by atoms with E-state index in [4.69, 9.17) is 4.74 Å². The molecule has 0 saturated carbocycles. The summed E-state index contributed by atoms with van der Waals surface area (Å²) in [5.74, 6) is -1.57. The summed E-state index contributed by atoms with van der Waals surface area (Å²) in [6, 6.07) is 11.8. The standard InChI is InChI=1S/C19H20BrN3O4/c1-3-27-17-10-13(8-9-16(17)24)11-21-23-19(26)12(2)18(25)22-15-7-5-4-6-14(15)20/h4-12,24H,3H2,1-2H3,(H,22,25)(H,23,26)/b21-11+. The summed E-state index contributed by atoms with van der Waals surface area (Å²) in [6.07, 6.45) is 1.40. The van der Waals surface area contributed by atoms with Gasteiger partial charge >= 0.3 is 0 Å². The lowest BCUT2D eigenvalue weighted by Gasteiger charge is -2.11. The van der Waals surface area contributed by atoms with Crippen LogP contribution in [0.1, 0.15) is 19.4 Å². The van der Waals surface area contributed by atoms with Crippen LogP contribution in [0.5, 0.6) is 11.5 Å². The molecule has 8 heteroatoms. The van der Waals surface area contributed by atoms with Crippen molar-refractivity contribution >= 4 is 39.6 Å². The molecule has 2 aromatic rings. The SMILES string of the molecule is CCOc1cc(/C=N/NC(=O)C(C)C(=O)Nc2ccccc2Br)ccc1O. The number of nitrogens with one attached hydrogen (secondary N) is 2. The van der Waals surface area contributed by atoms with Gasteiger partial charge in [0.25, 0.3) is 5.91 Å². The molecular weight excluding hydrogens is 414 g/mol. The predicted octanol–water partition coefficient (Wildman–Crippen LogP) is 3.28. The molecule has 0 bridgehead atoms. The van der Waals surface area contributed by atoms with E-state index in [1.165, 1.54) is 19.2 Å². The van der Waals surface area contributed by atoms with E-state index >= 15 is 0 Å². The molecule has 0 spiro atoms. The zero-order chi connectivity index (χ0) is 19.8. The molecule has 2 rings (SSSR count). The molecule has 0 aliphatic rings. The number of halogens is 1. The number of phenols is 1. The summed E-state index contributed by atoms with van der Waals surface area (Å²) in [5, 5.41) is 16.2. The van der Waals surface area contributed by atoms with Crippen LogP contribution in [0, 0.1) is 5.92 Å². The first kappa shape index (κ1) is 20.4. The number of phenolic OH excluding ortho intramolecular Hbond substituents is 1. The number of hydrogen-bond donors (Lipinski definition) is 3. The molecule has 7 nitrogen and oxygen atoms in total. The number of hydrogen-bond acceptors (Lipinski definition) is 5. The lowest BCUT2D eigenvalue weighted by atomic mass is 10.1. The van der Waals surface area contributed by atoms with Crippen molar-refractivity contribution < 1.29 is 19.4 Å². The third kappa shape index (κ3) is 5.82. The van der Waals surface area contributed by atoms with Crippen LogP contribution in [0.2, 0.25) is 0 Å². The van der Waals surface area contributed by atoms with Gasteiger partial charge in [-0.3, -0.25) is 9.59 Å². The molecule has 27 heavy (non-hydrogen) atoms. The normalized spacial score (nSPS) is 11.8. The predicted molar refractivity (Wildman–Crippen MR) is 107 cm³/mol. The molecule has 2 amide bonds. The van der Waals surface area contributed by atoms with Gasteiger partial charge in [0, 0.05) is 4.47 Å². The fraction of sp³-hybridized carbons (Fsp3) is 0.211. The highest BCUT2D eigenvalue weighted by molar-refractivity contribution is 9.10. The maximum absolute atomic E-state index is 12.2. The Balaban J connectivity index is 1.94. The van der Waals surface area contributed by atoms with E-state index in [9.17, 15) is 14.7 Å². The van der Waals surface area contributed by atoms with Crippen molar-refractivity contribution in [1.29, 1.82) is 0 Å². The third-order valence-corrected chi connectivity index (χ3v) is 4.28. The average Bonchev–Trinajstić information content (AvgIpc) is 2.65. The molecule has 0 radical (unpaired) electrons. The Hall–Kier alpha value is -2.87. The molecule has 0 saturated heterocycles. The van der Waals surface area contributed by atoms with Crippen molar-refractivity contribution in [2.45, 2.75) is 13.8 Å². The van der Waals surface area contributed by atoms with E-state index in [0.29, 0.717) is 23.6 Å². The number of benzene rings is 2. The summed E-state index contributed by atoms with van der Waals surface area (Å²) < 4.78 is 6.01. The molecule has 0 heterocycles. The zero-order valence-electron chi connectivity index (χ0n) is 14.9. The minimum absolute atomic E-state index is 0.0235. The third-order valence-electron chi connectivity index (χ3n) is 3.59. The van der Waals surface area contributed by atoms with Gasteiger partial charge in [0.15, 0.2) is 11.5 Å². The van der Waals surface area contributed by atoms with E-state index in [2.05, 4.69) is 31.8 Å². The van der Waals surface area contributed by atoms with E-state index in [0.717, 1.165) is 4.47 Å². The van der Waals surface area contributed by atoms with Gasteiger partial charge in [0.2, 0.25) is 5.91 Å². The van der Waals surface area contributed by atoms with Crippen molar-refractivity contribution in [1.82, 2.24) is 5.43 Å². The van der Waals surface area contributed by atoms with E-state index in [-0.39, 0.29) is 5.75 Å². The van der Waals surface area contributed by atoms with Gasteiger partial charge in [-0.15, -0.1) is 0 Å². The smallest absolute Gasteiger partial charge is 0.252 e. The quantitative estimate of drug-likeness (QED) is 0.354. The van der Waals surface area contributed by atoms with Crippen LogP contribution in [0.4, 0.5) is 5.69 Å². The van der Waals surface area contributed by atoms with Crippen molar-refractivity contribution in [3.05, 3.63) is 52.5 Å². The van der Waals surface area contributed by atoms with E-state index < -0.39 is 17.7 Å². The first-order valence-electron chi connectivity index (χ1n) is 8.26. The molecule has 1 unspecified atom stereocenters. The highest BCUT2D eigenvalue weighted by Gasteiger charge is 2.21. The topological polar surface area (TPSA) is 100 Å². The maximum atomic E-state index is 12.2. The number of ether oxygens (including phenoxy) is 1. The number of hydrazone groups is 1. The summed E-state index contributed by atoms with van der Waals surface area (Å²) in [7, 11) is 0. The summed E-state index contributed by atoms with van der Waals surface area (Å²) >= 11 is 3.33. The molecule has 3 N–H and O–H groups in total. The number of anilines is 1. The number of carbonyl (C=O) groups is 2. The van der Waals surface area contributed by atoms with Gasteiger partial charge in [-0.05, 0) is 65.7 Å². The summed E-state index contributed by atoms with van der Waals surface area (Å²) in [4.78, 5) is 24.3. The van der Waals surface area contributed by atoms with Gasteiger partial charge in [0.05, 0.1) is 18.5 Å². The van der Waals surface area contributed by atoms with Crippen LogP contribution in [-0.2, 0) is 9.59 Å². The number of amides is 2. The Kier molecular flexibility index (Phi) is 7.36. The number of para-hydroxylation sites is 1. The molecule has 1 atom stereocenters. The van der Waals surface area contributed by atoms with E-state index in [1.54, 1.807) is 37.3 Å². The first-order valence-corrected chi connectivity index (χ1v) is 9.05. The molecule has 0 aromatic heterocycles. The van der Waals surface area contributed by atoms with Crippen LogP contribution in [0.3, 0.4) is 0 Å². The molecule has 2 aromatic carbocycles. The highest BCUT2D eigenvalue weighted by atomic mass is 79.9. The second-order valence-corrected chi connectivity index (χ2v) is 6.44. The molecular formula is C19H20BrN3O4. The van der Waals surface area contributed by atoms with Crippen LogP contribution in [0.15, 0.2) is 52.0 Å². The second kappa shape index (κ2) is 9.72. The van der Waals surface area contributed by atoms with Gasteiger partial charge in [-0.25, -0.2) is 5.43 Å². The lowest BCUT2D eigenvalue weighted by Crippen LogP contribution is -2.34. The van der Waals surface area contributed by atoms with Gasteiger partial charge < -0.3 is 15.2 Å². The Morgan fingerprint density at radius 3 is 2.70 bits per heavy atom. The number of aromatic hydroxyl groups is 1. The maximum Gasteiger partial charge on any atom is 0.252 e. The lowest BCUT2D eigenvalue weighted by molar-refractivity contribution is -0.131. The van der Waals surface area contributed by atoms with Crippen LogP contribution in [-0.4, -0.2) is 29.7 Å². The summed E-state index contributed by atoms with van der Waals surface area (Å²) in [5.41, 5.74) is 3.54. The molecule has 0 fully saturated rings. The second-order valence-electron chi connectivity index (χ2n) is 5.59. The molecule has 0 aliphatic heterocycles. The highest BCUT2D eigenvalue weighted by Crippen LogP contribution is 2.26. The first-order chi connectivity index (χ1) is 12.9. The monoisotopic (exact) mass is 433 g/mol. The zero-order valence-corrected chi connectivity index (χ0v) is 16.5. The Morgan fingerprint density at radius 1 is 1.26 bits per heavy atom. The largest absolute Gasteiger partial charge is 0.504 e. The van der Waals surface area contributed by atoms with Crippen molar-refractivity contribution in [2.24, 2.45) is 11.0 Å². The fourth-order valence-corrected chi connectivity index (χ4v) is 2.46. The van der Waals surface area contributed by atoms with Gasteiger partial charge in [-0.2, -0.15) is 5.10 Å². The summed E-state index contributed by atoms with van der Waals surface area (Å²) in [6.45, 7) is 3.71. The van der Waals surface area contributed by atoms with Crippen molar-refractivity contribution in [3.63, 3.8) is 0 Å². The number of nitrogens with zero attached hydrogens (tertiary/aromatic N) is 1. The van der Waals surface area contributed by atoms with Crippen molar-refractivity contribution in [3.8, 4) is 11.5 Å². The average molecular weight is 434 g/mol. The number of carbonyl (C=O) groups excluding carboxylic acids is 2. The van der Waals surface area contributed by atoms with Crippen LogP contribution in [0.25, 0.3) is 0 Å². The molecule has 142 valence electrons. The Bertz CT molecular complexity index is 855. The number of rotatable bonds is 7. The Labute approximate surface area is 165 Å².